The number of ether oxygens (including phenoxy) is 2. The number of carbonyl (C=O) groups is 1. The first-order chi connectivity index (χ1) is 13.3. The van der Waals surface area contributed by atoms with Crippen LogP contribution in [0.3, 0.4) is 0 Å². The maximum absolute atomic E-state index is 12.2. The molecule has 148 valence electrons. The first-order valence-electron chi connectivity index (χ1n) is 10.4. The van der Waals surface area contributed by atoms with Crippen LogP contribution in [0.5, 0.6) is 0 Å². The Morgan fingerprint density at radius 3 is 2.96 bits per heavy atom. The number of hydrogen-bond donors (Lipinski definition) is 3. The Morgan fingerprint density at radius 2 is 2.15 bits per heavy atom. The predicted molar refractivity (Wildman–Crippen MR) is 105 cm³/mol. The number of hydrogen-bond acceptors (Lipinski definition) is 5. The predicted octanol–water partition coefficient (Wildman–Crippen LogP) is 2.05. The van der Waals surface area contributed by atoms with Crippen LogP contribution in [0.25, 0.3) is 0 Å². The van der Waals surface area contributed by atoms with E-state index in [1.165, 1.54) is 24.8 Å². The average molecular weight is 373 g/mol. The number of carbonyl (C=O) groups excluding carboxylic acids is 1. The van der Waals surface area contributed by atoms with Crippen molar-refractivity contribution in [2.45, 2.75) is 56.8 Å². The van der Waals surface area contributed by atoms with Gasteiger partial charge in [-0.1, -0.05) is 18.6 Å². The van der Waals surface area contributed by atoms with E-state index in [1.807, 2.05) is 12.1 Å². The fourth-order valence-corrected chi connectivity index (χ4v) is 4.60. The van der Waals surface area contributed by atoms with Crippen LogP contribution in [-0.2, 0) is 20.8 Å². The van der Waals surface area contributed by atoms with Gasteiger partial charge < -0.3 is 25.4 Å². The van der Waals surface area contributed by atoms with E-state index in [1.54, 1.807) is 0 Å². The van der Waals surface area contributed by atoms with E-state index in [2.05, 4.69) is 28.1 Å². The largest absolute Gasteiger partial charge is 0.379 e. The smallest absolute Gasteiger partial charge is 0.253 e. The molecule has 1 amide bonds. The van der Waals surface area contributed by atoms with Gasteiger partial charge in [-0.3, -0.25) is 4.79 Å². The van der Waals surface area contributed by atoms with Crippen LogP contribution >= 0.6 is 0 Å². The van der Waals surface area contributed by atoms with Gasteiger partial charge in [0.05, 0.1) is 13.2 Å². The van der Waals surface area contributed by atoms with Gasteiger partial charge in [0.15, 0.2) is 0 Å². The van der Waals surface area contributed by atoms with E-state index in [0.29, 0.717) is 24.6 Å². The van der Waals surface area contributed by atoms with Crippen LogP contribution in [0.15, 0.2) is 24.3 Å². The molecule has 3 fully saturated rings. The van der Waals surface area contributed by atoms with Gasteiger partial charge in [0.2, 0.25) is 0 Å². The standard InChI is InChI=1S/C21H31N3O3/c25-21(20-8-3-10-27-20)24-16-5-1-4-15(12-16)13-23-18-7-2-6-17(18)19-14-26-11-9-22-19/h1,4-5,12,17-20,22-23H,2-3,6-11,13-14H2,(H,24,25). The van der Waals surface area contributed by atoms with Crippen LogP contribution in [0.2, 0.25) is 0 Å². The monoisotopic (exact) mass is 373 g/mol. The van der Waals surface area contributed by atoms with Crippen molar-refractivity contribution in [2.75, 3.05) is 31.7 Å². The van der Waals surface area contributed by atoms with E-state index >= 15 is 0 Å². The van der Waals surface area contributed by atoms with Gasteiger partial charge in [-0.25, -0.2) is 0 Å². The van der Waals surface area contributed by atoms with Gasteiger partial charge in [-0.15, -0.1) is 0 Å². The van der Waals surface area contributed by atoms with Gasteiger partial charge in [0.25, 0.3) is 5.91 Å². The molecule has 1 saturated carbocycles. The van der Waals surface area contributed by atoms with Crippen LogP contribution in [0.1, 0.15) is 37.7 Å². The molecule has 2 heterocycles. The molecule has 4 unspecified atom stereocenters. The minimum absolute atomic E-state index is 0.0307. The maximum atomic E-state index is 12.2. The Morgan fingerprint density at radius 1 is 1.19 bits per heavy atom. The number of morpholine rings is 1. The van der Waals surface area contributed by atoms with E-state index in [9.17, 15) is 4.79 Å². The van der Waals surface area contributed by atoms with Crippen molar-refractivity contribution in [1.29, 1.82) is 0 Å². The molecule has 2 aliphatic heterocycles. The summed E-state index contributed by atoms with van der Waals surface area (Å²) in [6.07, 6.45) is 5.24. The molecule has 6 heteroatoms. The molecule has 3 N–H and O–H groups in total. The summed E-state index contributed by atoms with van der Waals surface area (Å²) < 4.78 is 11.1. The molecule has 1 aromatic rings. The molecule has 3 aliphatic rings. The van der Waals surface area contributed by atoms with Crippen LogP contribution in [0.4, 0.5) is 5.69 Å². The summed E-state index contributed by atoms with van der Waals surface area (Å²) in [5.41, 5.74) is 2.04. The minimum Gasteiger partial charge on any atom is -0.379 e. The minimum atomic E-state index is -0.295. The molecule has 4 atom stereocenters. The second kappa shape index (κ2) is 9.15. The van der Waals surface area contributed by atoms with E-state index in [0.717, 1.165) is 44.8 Å². The summed E-state index contributed by atoms with van der Waals surface area (Å²) in [7, 11) is 0. The quantitative estimate of drug-likeness (QED) is 0.712. The van der Waals surface area contributed by atoms with Crippen molar-refractivity contribution >= 4 is 11.6 Å². The molecule has 1 aromatic carbocycles. The Kier molecular flexibility index (Phi) is 6.39. The van der Waals surface area contributed by atoms with Gasteiger partial charge in [0, 0.05) is 37.5 Å². The molecule has 0 aromatic heterocycles. The summed E-state index contributed by atoms with van der Waals surface area (Å²) in [6.45, 7) is 4.11. The van der Waals surface area contributed by atoms with Crippen molar-refractivity contribution in [1.82, 2.24) is 10.6 Å². The van der Waals surface area contributed by atoms with Crippen molar-refractivity contribution in [3.05, 3.63) is 29.8 Å². The van der Waals surface area contributed by atoms with Gasteiger partial charge in [0.1, 0.15) is 6.10 Å². The van der Waals surface area contributed by atoms with Crippen LogP contribution < -0.4 is 16.0 Å². The van der Waals surface area contributed by atoms with Crippen molar-refractivity contribution in [3.8, 4) is 0 Å². The normalized spacial score (nSPS) is 31.1. The Bertz CT molecular complexity index is 627. The van der Waals surface area contributed by atoms with E-state index in [4.69, 9.17) is 9.47 Å². The fraction of sp³-hybridized carbons (Fsp3) is 0.667. The Balaban J connectivity index is 1.30. The highest BCUT2D eigenvalue weighted by molar-refractivity contribution is 5.94. The highest BCUT2D eigenvalue weighted by atomic mass is 16.5. The topological polar surface area (TPSA) is 71.6 Å². The van der Waals surface area contributed by atoms with Crippen LogP contribution in [-0.4, -0.2) is 50.5 Å². The van der Waals surface area contributed by atoms with Gasteiger partial charge in [-0.2, -0.15) is 0 Å². The highest BCUT2D eigenvalue weighted by Gasteiger charge is 2.34. The number of amides is 1. The van der Waals surface area contributed by atoms with Crippen molar-refractivity contribution in [2.24, 2.45) is 5.92 Å². The summed E-state index contributed by atoms with van der Waals surface area (Å²) in [5.74, 6) is 0.601. The van der Waals surface area contributed by atoms with E-state index < -0.39 is 0 Å². The third kappa shape index (κ3) is 4.88. The summed E-state index contributed by atoms with van der Waals surface area (Å²) in [5, 5.41) is 10.4. The molecule has 6 nitrogen and oxygen atoms in total. The summed E-state index contributed by atoms with van der Waals surface area (Å²) >= 11 is 0. The molecule has 0 bridgehead atoms. The van der Waals surface area contributed by atoms with Gasteiger partial charge >= 0.3 is 0 Å². The zero-order valence-electron chi connectivity index (χ0n) is 15.9. The second-order valence-electron chi connectivity index (χ2n) is 7.91. The van der Waals surface area contributed by atoms with Crippen LogP contribution in [0, 0.1) is 5.92 Å². The highest BCUT2D eigenvalue weighted by Crippen LogP contribution is 2.29. The lowest BCUT2D eigenvalue weighted by atomic mass is 9.94. The molecular weight excluding hydrogens is 342 g/mol. The molecule has 1 aliphatic carbocycles. The molecule has 4 rings (SSSR count). The zero-order chi connectivity index (χ0) is 18.5. The van der Waals surface area contributed by atoms with Gasteiger partial charge in [-0.05, 0) is 49.3 Å². The first kappa shape index (κ1) is 18.9. The zero-order valence-corrected chi connectivity index (χ0v) is 15.9. The third-order valence-electron chi connectivity index (χ3n) is 6.02. The molecule has 0 spiro atoms. The maximum Gasteiger partial charge on any atom is 0.253 e. The SMILES string of the molecule is O=C(Nc1cccc(CNC2CCCC2C2COCCN2)c1)C1CCCO1. The van der Waals surface area contributed by atoms with Crippen molar-refractivity contribution in [3.63, 3.8) is 0 Å². The lowest BCUT2D eigenvalue weighted by molar-refractivity contribution is -0.124. The fourth-order valence-electron chi connectivity index (χ4n) is 4.60. The summed E-state index contributed by atoms with van der Waals surface area (Å²) in [6, 6.07) is 9.11. The molecular formula is C21H31N3O3. The second-order valence-corrected chi connectivity index (χ2v) is 7.91. The first-order valence-corrected chi connectivity index (χ1v) is 10.4. The Hall–Kier alpha value is -1.47. The number of anilines is 1. The lowest BCUT2D eigenvalue weighted by Crippen LogP contribution is -2.50. The summed E-state index contributed by atoms with van der Waals surface area (Å²) in [4.78, 5) is 12.2. The number of benzene rings is 1. The third-order valence-corrected chi connectivity index (χ3v) is 6.02. The Labute approximate surface area is 161 Å². The lowest BCUT2D eigenvalue weighted by Gasteiger charge is -2.33. The average Bonchev–Trinajstić information content (AvgIpc) is 3.39. The number of rotatable bonds is 6. The molecule has 0 radical (unpaired) electrons. The van der Waals surface area contributed by atoms with Crippen molar-refractivity contribution < 1.29 is 14.3 Å². The number of nitrogens with one attached hydrogen (secondary N) is 3. The molecule has 2 saturated heterocycles. The molecule has 27 heavy (non-hydrogen) atoms. The van der Waals surface area contributed by atoms with E-state index in [-0.39, 0.29) is 12.0 Å².